The summed E-state index contributed by atoms with van der Waals surface area (Å²) in [5, 5.41) is 0. The highest BCUT2D eigenvalue weighted by Crippen LogP contribution is 2.33. The van der Waals surface area contributed by atoms with Crippen LogP contribution in [0.5, 0.6) is 0 Å². The van der Waals surface area contributed by atoms with Crippen molar-refractivity contribution < 1.29 is 22.7 Å². The SMILES string of the molecule is O=C(CN1CCO[C@@H]2CCC[C@H]21)N1CCC[C@@H](C(F)(F)F)C1. The smallest absolute Gasteiger partial charge is 0.375 e. The minimum atomic E-state index is -4.20. The van der Waals surface area contributed by atoms with Gasteiger partial charge in [0.25, 0.3) is 0 Å². The van der Waals surface area contributed by atoms with Gasteiger partial charge in [-0.05, 0) is 32.1 Å². The molecule has 0 aromatic heterocycles. The summed E-state index contributed by atoms with van der Waals surface area (Å²) in [6.45, 7) is 1.81. The maximum atomic E-state index is 12.8. The van der Waals surface area contributed by atoms with E-state index in [9.17, 15) is 18.0 Å². The zero-order valence-electron chi connectivity index (χ0n) is 12.6. The summed E-state index contributed by atoms with van der Waals surface area (Å²) in [7, 11) is 0. The number of ether oxygens (including phenoxy) is 1. The van der Waals surface area contributed by atoms with Gasteiger partial charge in [0.1, 0.15) is 0 Å². The van der Waals surface area contributed by atoms with Crippen LogP contribution in [0, 0.1) is 5.92 Å². The summed E-state index contributed by atoms with van der Waals surface area (Å²) >= 11 is 0. The lowest BCUT2D eigenvalue weighted by Crippen LogP contribution is -2.54. The second-order valence-electron chi connectivity index (χ2n) is 6.60. The van der Waals surface area contributed by atoms with Gasteiger partial charge >= 0.3 is 6.18 Å². The number of rotatable bonds is 2. The summed E-state index contributed by atoms with van der Waals surface area (Å²) in [5.74, 6) is -1.53. The maximum Gasteiger partial charge on any atom is 0.393 e. The number of piperidine rings is 1. The van der Waals surface area contributed by atoms with E-state index >= 15 is 0 Å². The van der Waals surface area contributed by atoms with E-state index in [0.717, 1.165) is 19.3 Å². The van der Waals surface area contributed by atoms with Crippen LogP contribution in [0.1, 0.15) is 32.1 Å². The second-order valence-corrected chi connectivity index (χ2v) is 6.60. The number of nitrogens with zero attached hydrogens (tertiary/aromatic N) is 2. The first-order chi connectivity index (χ1) is 10.4. The molecule has 3 rings (SSSR count). The molecule has 2 heterocycles. The van der Waals surface area contributed by atoms with Gasteiger partial charge in [0.15, 0.2) is 0 Å². The van der Waals surface area contributed by atoms with Gasteiger partial charge in [0.05, 0.1) is 25.2 Å². The molecule has 2 saturated heterocycles. The van der Waals surface area contributed by atoms with Crippen LogP contribution in [0.4, 0.5) is 13.2 Å². The topological polar surface area (TPSA) is 32.8 Å². The van der Waals surface area contributed by atoms with Crippen molar-refractivity contribution in [3.63, 3.8) is 0 Å². The molecule has 7 heteroatoms. The molecule has 4 nitrogen and oxygen atoms in total. The third-order valence-electron chi connectivity index (χ3n) is 5.17. The Balaban J connectivity index is 1.57. The number of fused-ring (bicyclic) bond motifs is 1. The lowest BCUT2D eigenvalue weighted by Gasteiger charge is -2.39. The zero-order valence-corrected chi connectivity index (χ0v) is 12.6. The quantitative estimate of drug-likeness (QED) is 0.781. The van der Waals surface area contributed by atoms with E-state index < -0.39 is 12.1 Å². The van der Waals surface area contributed by atoms with E-state index in [1.165, 1.54) is 4.90 Å². The third kappa shape index (κ3) is 3.40. The Labute approximate surface area is 128 Å². The number of hydrogen-bond acceptors (Lipinski definition) is 3. The molecule has 0 spiro atoms. The molecule has 22 heavy (non-hydrogen) atoms. The summed E-state index contributed by atoms with van der Waals surface area (Å²) in [5.41, 5.74) is 0. The molecular weight excluding hydrogens is 297 g/mol. The predicted molar refractivity (Wildman–Crippen MR) is 74.3 cm³/mol. The van der Waals surface area contributed by atoms with E-state index in [-0.39, 0.29) is 37.6 Å². The molecule has 0 unspecified atom stereocenters. The Morgan fingerprint density at radius 3 is 2.73 bits per heavy atom. The Kier molecular flexibility index (Phi) is 4.64. The molecule has 0 aromatic carbocycles. The normalized spacial score (nSPS) is 33.8. The van der Waals surface area contributed by atoms with Crippen LogP contribution in [0.25, 0.3) is 0 Å². The second kappa shape index (κ2) is 6.35. The number of morpholine rings is 1. The van der Waals surface area contributed by atoms with Crippen molar-refractivity contribution in [3.8, 4) is 0 Å². The average Bonchev–Trinajstić information content (AvgIpc) is 2.96. The van der Waals surface area contributed by atoms with Crippen LogP contribution < -0.4 is 0 Å². The molecule has 3 fully saturated rings. The fourth-order valence-electron chi connectivity index (χ4n) is 3.95. The number of amides is 1. The van der Waals surface area contributed by atoms with Crippen LogP contribution in [0.3, 0.4) is 0 Å². The first-order valence-corrected chi connectivity index (χ1v) is 8.15. The first-order valence-electron chi connectivity index (χ1n) is 8.15. The molecule has 3 atom stereocenters. The fraction of sp³-hybridized carbons (Fsp3) is 0.933. The summed E-state index contributed by atoms with van der Waals surface area (Å²) in [4.78, 5) is 15.9. The molecule has 1 saturated carbocycles. The van der Waals surface area contributed by atoms with Gasteiger partial charge in [-0.1, -0.05) is 0 Å². The first kappa shape index (κ1) is 16.1. The van der Waals surface area contributed by atoms with E-state index in [1.807, 2.05) is 0 Å². The fourth-order valence-corrected chi connectivity index (χ4v) is 3.95. The summed E-state index contributed by atoms with van der Waals surface area (Å²) in [6, 6.07) is 0.265. The van der Waals surface area contributed by atoms with Crippen LogP contribution in [-0.2, 0) is 9.53 Å². The number of carbonyl (C=O) groups is 1. The van der Waals surface area contributed by atoms with Crippen LogP contribution in [0.2, 0.25) is 0 Å². The van der Waals surface area contributed by atoms with Crippen LogP contribution in [0.15, 0.2) is 0 Å². The van der Waals surface area contributed by atoms with E-state index in [2.05, 4.69) is 4.90 Å². The third-order valence-corrected chi connectivity index (χ3v) is 5.17. The monoisotopic (exact) mass is 320 g/mol. The Morgan fingerprint density at radius 1 is 1.14 bits per heavy atom. The van der Waals surface area contributed by atoms with E-state index in [1.54, 1.807) is 0 Å². The number of alkyl halides is 3. The summed E-state index contributed by atoms with van der Waals surface area (Å²) in [6.07, 6.45) is -0.293. The largest absolute Gasteiger partial charge is 0.393 e. The maximum absolute atomic E-state index is 12.8. The van der Waals surface area contributed by atoms with E-state index in [4.69, 9.17) is 4.74 Å². The predicted octanol–water partition coefficient (Wildman–Crippen LogP) is 2.04. The van der Waals surface area contributed by atoms with Crippen molar-refractivity contribution in [3.05, 3.63) is 0 Å². The van der Waals surface area contributed by atoms with Gasteiger partial charge < -0.3 is 9.64 Å². The standard InChI is InChI=1S/C15H23F3N2O2/c16-15(17,18)11-3-2-6-20(9-11)14(21)10-19-7-8-22-13-5-1-4-12(13)19/h11-13H,1-10H2/t11-,12-,13-/m1/s1. The Hall–Kier alpha value is -0.820. The van der Waals surface area contributed by atoms with Gasteiger partial charge in [0, 0.05) is 25.7 Å². The molecule has 1 aliphatic carbocycles. The zero-order chi connectivity index (χ0) is 15.7. The van der Waals surface area contributed by atoms with Gasteiger partial charge in [-0.2, -0.15) is 13.2 Å². The summed E-state index contributed by atoms with van der Waals surface area (Å²) < 4.78 is 44.2. The van der Waals surface area contributed by atoms with Crippen LogP contribution in [-0.4, -0.2) is 66.8 Å². The van der Waals surface area contributed by atoms with Crippen molar-refractivity contribution in [2.75, 3.05) is 32.8 Å². The molecule has 126 valence electrons. The molecule has 0 bridgehead atoms. The highest BCUT2D eigenvalue weighted by Gasteiger charge is 2.43. The van der Waals surface area contributed by atoms with E-state index in [0.29, 0.717) is 26.1 Å². The molecule has 0 aromatic rings. The van der Waals surface area contributed by atoms with Gasteiger partial charge in [-0.25, -0.2) is 0 Å². The van der Waals surface area contributed by atoms with Crippen molar-refractivity contribution in [2.45, 2.75) is 50.4 Å². The highest BCUT2D eigenvalue weighted by atomic mass is 19.4. The van der Waals surface area contributed by atoms with Gasteiger partial charge in [0.2, 0.25) is 5.91 Å². The van der Waals surface area contributed by atoms with Crippen molar-refractivity contribution in [1.29, 1.82) is 0 Å². The number of carbonyl (C=O) groups excluding carboxylic acids is 1. The molecule has 3 aliphatic rings. The highest BCUT2D eigenvalue weighted by molar-refractivity contribution is 5.78. The molecule has 1 amide bonds. The number of halogens is 3. The number of hydrogen-bond donors (Lipinski definition) is 0. The van der Waals surface area contributed by atoms with Crippen LogP contribution >= 0.6 is 0 Å². The molecule has 2 aliphatic heterocycles. The number of likely N-dealkylation sites (tertiary alicyclic amines) is 1. The molecular formula is C15H23F3N2O2. The van der Waals surface area contributed by atoms with Crippen molar-refractivity contribution in [1.82, 2.24) is 9.80 Å². The lowest BCUT2D eigenvalue weighted by molar-refractivity contribution is -0.188. The minimum Gasteiger partial charge on any atom is -0.375 e. The lowest BCUT2D eigenvalue weighted by atomic mass is 9.97. The Bertz CT molecular complexity index is 416. The molecule has 0 N–H and O–H groups in total. The average molecular weight is 320 g/mol. The Morgan fingerprint density at radius 2 is 1.95 bits per heavy atom. The van der Waals surface area contributed by atoms with Crippen molar-refractivity contribution >= 4 is 5.91 Å². The van der Waals surface area contributed by atoms with Crippen molar-refractivity contribution in [2.24, 2.45) is 5.92 Å². The van der Waals surface area contributed by atoms with Gasteiger partial charge in [-0.3, -0.25) is 9.69 Å². The molecule has 0 radical (unpaired) electrons. The minimum absolute atomic E-state index is 0.134. The van der Waals surface area contributed by atoms with Gasteiger partial charge in [-0.15, -0.1) is 0 Å².